The molecule has 2 aromatic carbocycles. The fourth-order valence-corrected chi connectivity index (χ4v) is 3.90. The molecule has 1 atom stereocenters. The molecule has 0 saturated heterocycles. The number of halogens is 3. The lowest BCUT2D eigenvalue weighted by atomic mass is 9.92. The Morgan fingerprint density at radius 1 is 1.20 bits per heavy atom. The molecule has 0 aliphatic rings. The lowest BCUT2D eigenvalue weighted by molar-refractivity contribution is -0.256. The quantitative estimate of drug-likeness (QED) is 0.425. The lowest BCUT2D eigenvalue weighted by Crippen LogP contribution is -2.45. The maximum Gasteiger partial charge on any atom is 0.422 e. The molecule has 0 aromatic heterocycles. The van der Waals surface area contributed by atoms with Gasteiger partial charge in [-0.25, -0.2) is 4.99 Å². The number of benzene rings is 2. The molecule has 0 aliphatic heterocycles. The van der Waals surface area contributed by atoms with E-state index in [1.165, 1.54) is 19.2 Å². The number of hydrogen-bond acceptors (Lipinski definition) is 4. The zero-order valence-corrected chi connectivity index (χ0v) is 18.3. The number of ether oxygens (including phenoxy) is 1. The molecule has 164 valence electrons. The minimum atomic E-state index is -4.87. The van der Waals surface area contributed by atoms with Crippen LogP contribution in [-0.4, -0.2) is 49.0 Å². The molecule has 0 radical (unpaired) electrons. The van der Waals surface area contributed by atoms with Gasteiger partial charge in [-0.3, -0.25) is 0 Å². The van der Waals surface area contributed by atoms with Gasteiger partial charge in [0.15, 0.2) is 5.60 Å². The number of hydrogen-bond donors (Lipinski definition) is 1. The number of aliphatic hydroxyl groups is 1. The highest BCUT2D eigenvalue weighted by atomic mass is 32.2. The average Bonchev–Trinajstić information content (AvgIpc) is 2.72. The second-order valence-corrected chi connectivity index (χ2v) is 7.98. The minimum Gasteiger partial charge on any atom is -0.496 e. The van der Waals surface area contributed by atoms with Crippen molar-refractivity contribution in [1.29, 1.82) is 0 Å². The van der Waals surface area contributed by atoms with E-state index in [9.17, 15) is 18.3 Å². The van der Waals surface area contributed by atoms with Gasteiger partial charge in [0.2, 0.25) is 0 Å². The van der Waals surface area contributed by atoms with Crippen LogP contribution in [0.1, 0.15) is 23.6 Å². The molecule has 4 nitrogen and oxygen atoms in total. The van der Waals surface area contributed by atoms with Crippen LogP contribution in [-0.2, 0) is 11.4 Å². The van der Waals surface area contributed by atoms with E-state index in [1.54, 1.807) is 13.3 Å². The van der Waals surface area contributed by atoms with Gasteiger partial charge in [-0.15, -0.1) is 0 Å². The molecule has 30 heavy (non-hydrogen) atoms. The molecule has 0 amide bonds. The van der Waals surface area contributed by atoms with Gasteiger partial charge in [-0.05, 0) is 31.0 Å². The SMILES string of the molecule is CCN(C)/C=N/c1cc(OC)c(C(O)(CSCc2ccccc2)C(F)(F)F)cc1C. The van der Waals surface area contributed by atoms with Crippen LogP contribution >= 0.6 is 11.8 Å². The van der Waals surface area contributed by atoms with E-state index in [1.807, 2.05) is 49.2 Å². The fraction of sp³-hybridized carbons (Fsp3) is 0.409. The first kappa shape index (κ1) is 24.1. The van der Waals surface area contributed by atoms with Crippen molar-refractivity contribution in [2.45, 2.75) is 31.4 Å². The van der Waals surface area contributed by atoms with Gasteiger partial charge in [0, 0.05) is 36.7 Å². The van der Waals surface area contributed by atoms with Gasteiger partial charge in [-0.1, -0.05) is 30.3 Å². The standard InChI is InChI=1S/C22H27F3N2O2S/c1-5-27(3)15-26-19-12-20(29-4)18(11-16(19)2)21(28,22(23,24)25)14-30-13-17-9-7-6-8-10-17/h6-12,15,28H,5,13-14H2,1-4H3/b26-15+. The number of nitrogens with zero attached hydrogens (tertiary/aromatic N) is 2. The molecule has 8 heteroatoms. The van der Waals surface area contributed by atoms with E-state index >= 15 is 0 Å². The van der Waals surface area contributed by atoms with Crippen LogP contribution in [0.3, 0.4) is 0 Å². The van der Waals surface area contributed by atoms with Gasteiger partial charge < -0.3 is 14.7 Å². The van der Waals surface area contributed by atoms with Gasteiger partial charge in [0.25, 0.3) is 0 Å². The van der Waals surface area contributed by atoms with Crippen LogP contribution in [0.5, 0.6) is 5.75 Å². The first-order chi connectivity index (χ1) is 14.1. The van der Waals surface area contributed by atoms with Crippen LogP contribution in [0.2, 0.25) is 0 Å². The Bertz CT molecular complexity index is 859. The van der Waals surface area contributed by atoms with E-state index in [4.69, 9.17) is 4.74 Å². The maximum atomic E-state index is 14.0. The molecule has 0 aliphatic carbocycles. The third-order valence-electron chi connectivity index (χ3n) is 4.75. The largest absolute Gasteiger partial charge is 0.496 e. The van der Waals surface area contributed by atoms with Crippen LogP contribution in [0.15, 0.2) is 47.5 Å². The number of rotatable bonds is 9. The van der Waals surface area contributed by atoms with Crippen molar-refractivity contribution in [3.8, 4) is 5.75 Å². The summed E-state index contributed by atoms with van der Waals surface area (Å²) in [5.41, 5.74) is -1.47. The van der Waals surface area contributed by atoms with Crippen molar-refractivity contribution in [1.82, 2.24) is 4.90 Å². The van der Waals surface area contributed by atoms with Crippen molar-refractivity contribution >= 4 is 23.8 Å². The van der Waals surface area contributed by atoms with Gasteiger partial charge >= 0.3 is 6.18 Å². The van der Waals surface area contributed by atoms with E-state index in [0.717, 1.165) is 23.9 Å². The second kappa shape index (κ2) is 10.2. The van der Waals surface area contributed by atoms with E-state index in [-0.39, 0.29) is 11.3 Å². The summed E-state index contributed by atoms with van der Waals surface area (Å²) in [5.74, 6) is -0.249. The molecular weight excluding hydrogens is 413 g/mol. The topological polar surface area (TPSA) is 45.1 Å². The minimum absolute atomic E-state index is 0.0490. The normalized spacial score (nSPS) is 14.0. The molecule has 2 aromatic rings. The molecule has 0 heterocycles. The molecule has 0 spiro atoms. The summed E-state index contributed by atoms with van der Waals surface area (Å²) in [4.78, 5) is 6.16. The van der Waals surface area contributed by atoms with Crippen molar-refractivity contribution in [2.24, 2.45) is 4.99 Å². The number of aliphatic imine (C=N–C) groups is 1. The number of aryl methyl sites for hydroxylation is 1. The van der Waals surface area contributed by atoms with Crippen LogP contribution in [0.25, 0.3) is 0 Å². The fourth-order valence-electron chi connectivity index (χ4n) is 2.75. The molecule has 0 saturated carbocycles. The molecule has 0 fully saturated rings. The zero-order valence-electron chi connectivity index (χ0n) is 17.5. The second-order valence-electron chi connectivity index (χ2n) is 6.99. The Morgan fingerprint density at radius 3 is 2.43 bits per heavy atom. The number of thioether (sulfide) groups is 1. The predicted octanol–water partition coefficient (Wildman–Crippen LogP) is 5.30. The van der Waals surface area contributed by atoms with Crippen molar-refractivity contribution in [2.75, 3.05) is 26.5 Å². The molecule has 0 bridgehead atoms. The third kappa shape index (κ3) is 5.70. The predicted molar refractivity (Wildman–Crippen MR) is 117 cm³/mol. The van der Waals surface area contributed by atoms with Crippen LogP contribution < -0.4 is 4.74 Å². The summed E-state index contributed by atoms with van der Waals surface area (Å²) in [6, 6.07) is 11.9. The number of alkyl halides is 3. The summed E-state index contributed by atoms with van der Waals surface area (Å²) < 4.78 is 47.3. The smallest absolute Gasteiger partial charge is 0.422 e. The van der Waals surface area contributed by atoms with Crippen LogP contribution in [0.4, 0.5) is 18.9 Å². The van der Waals surface area contributed by atoms with Crippen LogP contribution in [0, 0.1) is 6.92 Å². The Labute approximate surface area is 179 Å². The van der Waals surface area contributed by atoms with Crippen molar-refractivity contribution in [3.05, 3.63) is 59.2 Å². The summed E-state index contributed by atoms with van der Waals surface area (Å²) in [7, 11) is 3.13. The van der Waals surface area contributed by atoms with Gasteiger partial charge in [0.1, 0.15) is 5.75 Å². The van der Waals surface area contributed by atoms with E-state index < -0.39 is 17.5 Å². The van der Waals surface area contributed by atoms with E-state index in [2.05, 4.69) is 4.99 Å². The Balaban J connectivity index is 2.38. The molecule has 1 unspecified atom stereocenters. The highest BCUT2D eigenvalue weighted by Gasteiger charge is 2.56. The Morgan fingerprint density at radius 2 is 1.87 bits per heavy atom. The number of methoxy groups -OCH3 is 1. The monoisotopic (exact) mass is 440 g/mol. The molecule has 1 N–H and O–H groups in total. The summed E-state index contributed by atoms with van der Waals surface area (Å²) in [5, 5.41) is 10.8. The summed E-state index contributed by atoms with van der Waals surface area (Å²) in [6.45, 7) is 4.36. The molecule has 2 rings (SSSR count). The first-order valence-corrected chi connectivity index (χ1v) is 10.6. The lowest BCUT2D eigenvalue weighted by Gasteiger charge is -2.32. The van der Waals surface area contributed by atoms with Crippen molar-refractivity contribution < 1.29 is 23.0 Å². The Hall–Kier alpha value is -2.19. The highest BCUT2D eigenvalue weighted by molar-refractivity contribution is 7.98. The van der Waals surface area contributed by atoms with Crippen molar-refractivity contribution in [3.63, 3.8) is 0 Å². The van der Waals surface area contributed by atoms with Gasteiger partial charge in [0.05, 0.1) is 19.1 Å². The zero-order chi connectivity index (χ0) is 22.4. The third-order valence-corrected chi connectivity index (χ3v) is 5.91. The van der Waals surface area contributed by atoms with Gasteiger partial charge in [-0.2, -0.15) is 24.9 Å². The highest BCUT2D eigenvalue weighted by Crippen LogP contribution is 2.46. The van der Waals surface area contributed by atoms with E-state index in [0.29, 0.717) is 17.0 Å². The molecular formula is C22H27F3N2O2S. The summed E-state index contributed by atoms with van der Waals surface area (Å²) in [6.07, 6.45) is -3.27. The summed E-state index contributed by atoms with van der Waals surface area (Å²) >= 11 is 1.02. The maximum absolute atomic E-state index is 14.0. The first-order valence-electron chi connectivity index (χ1n) is 9.46. The Kier molecular flexibility index (Phi) is 8.20. The average molecular weight is 441 g/mol.